The summed E-state index contributed by atoms with van der Waals surface area (Å²) in [5.41, 5.74) is 19.0. The summed E-state index contributed by atoms with van der Waals surface area (Å²) in [5, 5.41) is 2.32. The lowest BCUT2D eigenvalue weighted by Crippen LogP contribution is -2.56. The highest BCUT2D eigenvalue weighted by molar-refractivity contribution is 7.01. The molecule has 0 amide bonds. The molecule has 1 saturated carbocycles. The Morgan fingerprint density at radius 3 is 2.22 bits per heavy atom. The van der Waals surface area contributed by atoms with Crippen LogP contribution >= 0.6 is 0 Å². The molecule has 2 atom stereocenters. The molecular formula is C50H39BN2O. The largest absolute Gasteiger partial charge is 0.456 e. The minimum atomic E-state index is 0.00753. The minimum absolute atomic E-state index is 0.00753. The topological polar surface area (TPSA) is 19.6 Å². The van der Waals surface area contributed by atoms with E-state index in [1.165, 1.54) is 104 Å². The quantitative estimate of drug-likeness (QED) is 0.172. The minimum Gasteiger partial charge on any atom is -0.456 e. The van der Waals surface area contributed by atoms with Crippen molar-refractivity contribution < 1.29 is 4.42 Å². The molecule has 3 aliphatic heterocycles. The molecule has 0 saturated heterocycles. The average Bonchev–Trinajstić information content (AvgIpc) is 3.82. The van der Waals surface area contributed by atoms with Crippen molar-refractivity contribution >= 4 is 73.5 Å². The Labute approximate surface area is 316 Å². The van der Waals surface area contributed by atoms with E-state index in [0.717, 1.165) is 16.6 Å². The van der Waals surface area contributed by atoms with Crippen molar-refractivity contribution in [3.05, 3.63) is 157 Å². The van der Waals surface area contributed by atoms with Gasteiger partial charge in [0.15, 0.2) is 0 Å². The summed E-state index contributed by atoms with van der Waals surface area (Å²) in [6, 6.07) is 56.5. The van der Waals surface area contributed by atoms with Crippen LogP contribution in [0.15, 0.2) is 156 Å². The van der Waals surface area contributed by atoms with Crippen LogP contribution in [0.4, 0.5) is 28.4 Å². The number of fused-ring (bicyclic) bond motifs is 11. The molecule has 54 heavy (non-hydrogen) atoms. The number of anilines is 5. The highest BCUT2D eigenvalue weighted by Gasteiger charge is 2.57. The number of para-hydroxylation sites is 4. The van der Waals surface area contributed by atoms with Gasteiger partial charge in [0.1, 0.15) is 11.2 Å². The third-order valence-corrected chi connectivity index (χ3v) is 13.8. The molecule has 258 valence electrons. The van der Waals surface area contributed by atoms with Crippen LogP contribution in [0.3, 0.4) is 0 Å². The van der Waals surface area contributed by atoms with Crippen LogP contribution in [0.5, 0.6) is 0 Å². The van der Waals surface area contributed by atoms with E-state index in [-0.39, 0.29) is 17.7 Å². The van der Waals surface area contributed by atoms with Gasteiger partial charge in [-0.05, 0) is 119 Å². The lowest BCUT2D eigenvalue weighted by Gasteiger charge is -2.50. The highest BCUT2D eigenvalue weighted by atomic mass is 16.3. The zero-order valence-electron chi connectivity index (χ0n) is 30.6. The zero-order valence-corrected chi connectivity index (χ0v) is 30.6. The van der Waals surface area contributed by atoms with Crippen molar-refractivity contribution in [1.82, 2.24) is 0 Å². The van der Waals surface area contributed by atoms with Gasteiger partial charge in [-0.25, -0.2) is 0 Å². The van der Waals surface area contributed by atoms with E-state index in [1.807, 2.05) is 0 Å². The molecule has 2 unspecified atom stereocenters. The maximum absolute atomic E-state index is 6.41. The smallest absolute Gasteiger partial charge is 0.248 e. The van der Waals surface area contributed by atoms with Gasteiger partial charge in [0.25, 0.3) is 0 Å². The lowest BCUT2D eigenvalue weighted by atomic mass is 9.37. The molecule has 4 aliphatic rings. The zero-order chi connectivity index (χ0) is 35.8. The number of hydrogen-bond acceptors (Lipinski definition) is 3. The number of rotatable bonds is 3. The Hall–Kier alpha value is -6.00. The molecule has 1 aliphatic carbocycles. The second kappa shape index (κ2) is 10.8. The van der Waals surface area contributed by atoms with Crippen LogP contribution in [-0.2, 0) is 5.41 Å². The summed E-state index contributed by atoms with van der Waals surface area (Å²) in [6.45, 7) is 5.19. The molecule has 8 aromatic rings. The van der Waals surface area contributed by atoms with Gasteiger partial charge in [0.2, 0.25) is 6.71 Å². The van der Waals surface area contributed by atoms with Gasteiger partial charge in [0.05, 0.1) is 5.54 Å². The van der Waals surface area contributed by atoms with Gasteiger partial charge in [-0.3, -0.25) is 0 Å². The van der Waals surface area contributed by atoms with E-state index >= 15 is 0 Å². The van der Waals surface area contributed by atoms with E-state index in [4.69, 9.17) is 4.42 Å². The van der Waals surface area contributed by atoms with Crippen LogP contribution in [0, 0.1) is 0 Å². The molecule has 12 rings (SSSR count). The van der Waals surface area contributed by atoms with Crippen molar-refractivity contribution in [3.63, 3.8) is 0 Å². The third kappa shape index (κ3) is 3.83. The van der Waals surface area contributed by atoms with E-state index in [2.05, 4.69) is 175 Å². The van der Waals surface area contributed by atoms with E-state index in [1.54, 1.807) is 0 Å². The maximum atomic E-state index is 6.41. The summed E-state index contributed by atoms with van der Waals surface area (Å²) in [6.07, 6.45) is 4.97. The maximum Gasteiger partial charge on any atom is 0.248 e. The van der Waals surface area contributed by atoms with Gasteiger partial charge in [-0.2, -0.15) is 0 Å². The van der Waals surface area contributed by atoms with Crippen LogP contribution in [0.1, 0.15) is 45.1 Å². The van der Waals surface area contributed by atoms with Crippen LogP contribution in [-0.4, -0.2) is 12.3 Å². The first kappa shape index (κ1) is 30.5. The molecule has 0 bridgehead atoms. The van der Waals surface area contributed by atoms with Gasteiger partial charge in [0, 0.05) is 44.6 Å². The molecule has 1 fully saturated rings. The van der Waals surface area contributed by atoms with Gasteiger partial charge in [-0.1, -0.05) is 116 Å². The van der Waals surface area contributed by atoms with E-state index in [0.29, 0.717) is 0 Å². The monoisotopic (exact) mass is 694 g/mol. The highest BCUT2D eigenvalue weighted by Crippen LogP contribution is 2.60. The fraction of sp³-hybridized carbons (Fsp3) is 0.160. The van der Waals surface area contributed by atoms with Crippen molar-refractivity contribution in [1.29, 1.82) is 0 Å². The molecule has 7 aromatic carbocycles. The summed E-state index contributed by atoms with van der Waals surface area (Å²) >= 11 is 0. The third-order valence-electron chi connectivity index (χ3n) is 13.8. The van der Waals surface area contributed by atoms with Gasteiger partial charge >= 0.3 is 0 Å². The van der Waals surface area contributed by atoms with Gasteiger partial charge < -0.3 is 14.2 Å². The molecule has 4 heteroatoms. The average molecular weight is 695 g/mol. The first-order valence-corrected chi connectivity index (χ1v) is 19.6. The molecular weight excluding hydrogens is 655 g/mol. The molecule has 1 aromatic heterocycles. The van der Waals surface area contributed by atoms with E-state index < -0.39 is 0 Å². The molecule has 4 heterocycles. The summed E-state index contributed by atoms with van der Waals surface area (Å²) < 4.78 is 6.41. The van der Waals surface area contributed by atoms with Crippen molar-refractivity contribution in [2.45, 2.75) is 50.5 Å². The number of hydrogen-bond donors (Lipinski definition) is 0. The summed E-state index contributed by atoms with van der Waals surface area (Å²) in [7, 11) is 0. The Bertz CT molecular complexity index is 2860. The second-order valence-electron chi connectivity index (χ2n) is 16.3. The van der Waals surface area contributed by atoms with Crippen LogP contribution < -0.4 is 26.2 Å². The lowest BCUT2D eigenvalue weighted by molar-refractivity contribution is 0.195. The molecule has 0 radical (unpaired) electrons. The first-order chi connectivity index (χ1) is 26.5. The fourth-order valence-corrected chi connectivity index (χ4v) is 11.2. The Morgan fingerprint density at radius 2 is 1.31 bits per heavy atom. The van der Waals surface area contributed by atoms with Gasteiger partial charge in [-0.15, -0.1) is 0 Å². The van der Waals surface area contributed by atoms with E-state index in [9.17, 15) is 0 Å². The number of furan rings is 1. The summed E-state index contributed by atoms with van der Waals surface area (Å²) in [5.74, 6) is 0. The first-order valence-electron chi connectivity index (χ1n) is 19.6. The Kier molecular flexibility index (Phi) is 6.09. The molecule has 3 nitrogen and oxygen atoms in total. The standard InChI is InChI=1S/C50H39BN2O/c1-49-27-12-13-28-50(49,2)53(42-21-9-7-19-39(42)49)34-25-26-36-38-29-32(35-18-14-24-46-47(35)37-17-6-11-23-45(37)54-46)30-44-48(38)51(41(36)31-34)40-20-8-10-22-43(40)52(44)33-15-4-3-5-16-33/h3-11,14-26,29-31H,12-13,27-28H2,1-2H3. The molecule has 0 N–H and O–H groups in total. The predicted octanol–water partition coefficient (Wildman–Crippen LogP) is 11.3. The Balaban J connectivity index is 1.13. The fourth-order valence-electron chi connectivity index (χ4n) is 11.2. The second-order valence-corrected chi connectivity index (χ2v) is 16.3. The number of benzene rings is 7. The SMILES string of the molecule is CC12CCCCC1(C)N(c1ccc3c(c1)B1c4ccccc4N(c4ccccc4)c4cc(-c5cccc6oc7ccccc7c56)cc-3c41)c1ccccc12. The predicted molar refractivity (Wildman–Crippen MR) is 227 cm³/mol. The number of nitrogens with zero attached hydrogens (tertiary/aromatic N) is 2. The summed E-state index contributed by atoms with van der Waals surface area (Å²) in [4.78, 5) is 5.23. The Morgan fingerprint density at radius 1 is 0.556 bits per heavy atom. The van der Waals surface area contributed by atoms with Crippen LogP contribution in [0.25, 0.3) is 44.2 Å². The van der Waals surface area contributed by atoms with Crippen molar-refractivity contribution in [3.8, 4) is 22.3 Å². The molecule has 0 spiro atoms. The van der Waals surface area contributed by atoms with Crippen LogP contribution in [0.2, 0.25) is 0 Å². The normalized spacial score (nSPS) is 20.5. The van der Waals surface area contributed by atoms with Crippen molar-refractivity contribution in [2.75, 3.05) is 9.80 Å². The van der Waals surface area contributed by atoms with Crippen molar-refractivity contribution in [2.24, 2.45) is 0 Å².